The van der Waals surface area contributed by atoms with Gasteiger partial charge in [-0.15, -0.1) is 10.2 Å². The highest BCUT2D eigenvalue weighted by atomic mass is 16.5. The number of ether oxygens (including phenoxy) is 1. The van der Waals surface area contributed by atoms with Gasteiger partial charge in [0.15, 0.2) is 5.82 Å². The second kappa shape index (κ2) is 4.51. The molecule has 0 amide bonds. The number of aryl methyl sites for hydroxylation is 1. The van der Waals surface area contributed by atoms with Crippen molar-refractivity contribution >= 4 is 0 Å². The molecule has 5 nitrogen and oxygen atoms in total. The summed E-state index contributed by atoms with van der Waals surface area (Å²) in [7, 11) is 0. The molecule has 1 saturated heterocycles. The summed E-state index contributed by atoms with van der Waals surface area (Å²) in [4.78, 5) is 0. The van der Waals surface area contributed by atoms with Crippen LogP contribution in [0.15, 0.2) is 0 Å². The molecule has 1 atom stereocenters. The lowest BCUT2D eigenvalue weighted by atomic mass is 10.2. The van der Waals surface area contributed by atoms with Crippen LogP contribution in [0.25, 0.3) is 0 Å². The van der Waals surface area contributed by atoms with Gasteiger partial charge in [0.05, 0.1) is 6.61 Å². The normalized spacial score (nSPS) is 26.1. The second-order valence-corrected chi connectivity index (χ2v) is 4.50. The average molecular weight is 222 g/mol. The monoisotopic (exact) mass is 222 g/mol. The van der Waals surface area contributed by atoms with E-state index in [-0.39, 0.29) is 6.10 Å². The first-order chi connectivity index (χ1) is 7.95. The van der Waals surface area contributed by atoms with Crippen molar-refractivity contribution in [3.05, 3.63) is 11.6 Å². The fraction of sp³-hybridized carbons (Fsp3) is 0.818. The van der Waals surface area contributed by atoms with Crippen molar-refractivity contribution in [2.75, 3.05) is 19.7 Å². The van der Waals surface area contributed by atoms with Crippen LogP contribution in [-0.4, -0.2) is 34.5 Å². The lowest BCUT2D eigenvalue weighted by molar-refractivity contribution is 0.0196. The van der Waals surface area contributed by atoms with Crippen molar-refractivity contribution in [2.24, 2.45) is 0 Å². The summed E-state index contributed by atoms with van der Waals surface area (Å²) in [6, 6.07) is 0. The Morgan fingerprint density at radius 3 is 3.12 bits per heavy atom. The number of nitrogens with zero attached hydrogens (tertiary/aromatic N) is 3. The number of hydrogen-bond donors (Lipinski definition) is 1. The quantitative estimate of drug-likeness (QED) is 0.758. The lowest BCUT2D eigenvalue weighted by Crippen LogP contribution is -2.34. The molecule has 88 valence electrons. The van der Waals surface area contributed by atoms with Crippen LogP contribution in [-0.2, 0) is 17.7 Å². The maximum atomic E-state index is 5.74. The Hall–Kier alpha value is -0.940. The summed E-state index contributed by atoms with van der Waals surface area (Å²) in [6.45, 7) is 3.63. The van der Waals surface area contributed by atoms with Crippen molar-refractivity contribution in [3.8, 4) is 0 Å². The van der Waals surface area contributed by atoms with Crippen LogP contribution in [0.3, 0.4) is 0 Å². The SMILES string of the molecule is C1CCc2nnc(C3CNCCO3)n2CC1. The lowest BCUT2D eigenvalue weighted by Gasteiger charge is -2.23. The van der Waals surface area contributed by atoms with Crippen molar-refractivity contribution in [1.82, 2.24) is 20.1 Å². The van der Waals surface area contributed by atoms with E-state index >= 15 is 0 Å². The molecule has 0 radical (unpaired) electrons. The third-order valence-electron chi connectivity index (χ3n) is 3.35. The molecule has 0 saturated carbocycles. The highest BCUT2D eigenvalue weighted by Gasteiger charge is 2.24. The van der Waals surface area contributed by atoms with E-state index < -0.39 is 0 Å². The molecule has 2 aliphatic rings. The van der Waals surface area contributed by atoms with E-state index in [1.54, 1.807) is 0 Å². The van der Waals surface area contributed by atoms with Crippen molar-refractivity contribution in [2.45, 2.75) is 38.3 Å². The number of rotatable bonds is 1. The van der Waals surface area contributed by atoms with Gasteiger partial charge in [-0.3, -0.25) is 0 Å². The number of hydrogen-bond acceptors (Lipinski definition) is 4. The maximum absolute atomic E-state index is 5.74. The predicted octanol–water partition coefficient (Wildman–Crippen LogP) is 0.665. The molecule has 3 heterocycles. The number of aromatic nitrogens is 3. The summed E-state index contributed by atoms with van der Waals surface area (Å²) in [5.41, 5.74) is 0. The predicted molar refractivity (Wildman–Crippen MR) is 59.1 cm³/mol. The molecule has 1 fully saturated rings. The third kappa shape index (κ3) is 1.85. The number of fused-ring (bicyclic) bond motifs is 1. The van der Waals surface area contributed by atoms with Crippen LogP contribution in [0.4, 0.5) is 0 Å². The Labute approximate surface area is 95.2 Å². The first-order valence-electron chi connectivity index (χ1n) is 6.19. The first-order valence-corrected chi connectivity index (χ1v) is 6.19. The van der Waals surface area contributed by atoms with Gasteiger partial charge in [-0.25, -0.2) is 0 Å². The van der Waals surface area contributed by atoms with Gasteiger partial charge in [0.2, 0.25) is 0 Å². The van der Waals surface area contributed by atoms with Crippen LogP contribution in [0.2, 0.25) is 0 Å². The minimum absolute atomic E-state index is 0.0908. The summed E-state index contributed by atoms with van der Waals surface area (Å²) < 4.78 is 8.01. The van der Waals surface area contributed by atoms with Gasteiger partial charge < -0.3 is 14.6 Å². The zero-order valence-corrected chi connectivity index (χ0v) is 9.48. The molecule has 1 unspecified atom stereocenters. The van der Waals surface area contributed by atoms with E-state index in [1.807, 2.05) is 0 Å². The molecule has 2 aliphatic heterocycles. The molecule has 0 aromatic carbocycles. The van der Waals surface area contributed by atoms with E-state index in [2.05, 4.69) is 20.1 Å². The van der Waals surface area contributed by atoms with Gasteiger partial charge in [0, 0.05) is 26.1 Å². The van der Waals surface area contributed by atoms with E-state index in [4.69, 9.17) is 4.74 Å². The highest BCUT2D eigenvalue weighted by molar-refractivity contribution is 5.02. The molecule has 16 heavy (non-hydrogen) atoms. The summed E-state index contributed by atoms with van der Waals surface area (Å²) in [6.07, 6.45) is 4.92. The van der Waals surface area contributed by atoms with Crippen LogP contribution in [0.5, 0.6) is 0 Å². The van der Waals surface area contributed by atoms with E-state index in [0.29, 0.717) is 0 Å². The molecule has 3 rings (SSSR count). The minimum Gasteiger partial charge on any atom is -0.368 e. The van der Waals surface area contributed by atoms with E-state index in [9.17, 15) is 0 Å². The van der Waals surface area contributed by atoms with Gasteiger partial charge in [0.1, 0.15) is 11.9 Å². The highest BCUT2D eigenvalue weighted by Crippen LogP contribution is 2.21. The molecule has 0 spiro atoms. The van der Waals surface area contributed by atoms with Crippen LogP contribution >= 0.6 is 0 Å². The van der Waals surface area contributed by atoms with Crippen molar-refractivity contribution < 1.29 is 4.74 Å². The number of morpholine rings is 1. The molecule has 1 aromatic rings. The summed E-state index contributed by atoms with van der Waals surface area (Å²) in [5, 5.41) is 11.9. The standard InChI is InChI=1S/C11H18N4O/c1-2-4-10-13-14-11(15(10)6-3-1)9-8-12-5-7-16-9/h9,12H,1-8H2. The van der Waals surface area contributed by atoms with Gasteiger partial charge in [-0.2, -0.15) is 0 Å². The van der Waals surface area contributed by atoms with E-state index in [0.717, 1.165) is 44.3 Å². The minimum atomic E-state index is 0.0908. The molecular formula is C11H18N4O. The Bertz CT molecular complexity index is 357. The molecule has 5 heteroatoms. The third-order valence-corrected chi connectivity index (χ3v) is 3.35. The molecular weight excluding hydrogens is 204 g/mol. The van der Waals surface area contributed by atoms with Crippen LogP contribution in [0.1, 0.15) is 37.0 Å². The first kappa shape index (κ1) is 10.2. The zero-order chi connectivity index (χ0) is 10.8. The van der Waals surface area contributed by atoms with Gasteiger partial charge in [0.25, 0.3) is 0 Å². The summed E-state index contributed by atoms with van der Waals surface area (Å²) >= 11 is 0. The zero-order valence-electron chi connectivity index (χ0n) is 9.48. The van der Waals surface area contributed by atoms with Crippen molar-refractivity contribution in [3.63, 3.8) is 0 Å². The smallest absolute Gasteiger partial charge is 0.163 e. The molecule has 1 aromatic heterocycles. The fourth-order valence-corrected chi connectivity index (χ4v) is 2.48. The Kier molecular flexibility index (Phi) is 2.88. The van der Waals surface area contributed by atoms with Gasteiger partial charge in [-0.05, 0) is 12.8 Å². The Morgan fingerprint density at radius 1 is 1.25 bits per heavy atom. The Balaban J connectivity index is 1.86. The maximum Gasteiger partial charge on any atom is 0.163 e. The fourth-order valence-electron chi connectivity index (χ4n) is 2.48. The number of nitrogens with one attached hydrogen (secondary N) is 1. The topological polar surface area (TPSA) is 52.0 Å². The van der Waals surface area contributed by atoms with Crippen LogP contribution < -0.4 is 5.32 Å². The molecule has 1 N–H and O–H groups in total. The van der Waals surface area contributed by atoms with Gasteiger partial charge >= 0.3 is 0 Å². The molecule has 0 bridgehead atoms. The Morgan fingerprint density at radius 2 is 2.25 bits per heavy atom. The average Bonchev–Trinajstić information content (AvgIpc) is 2.60. The second-order valence-electron chi connectivity index (χ2n) is 4.50. The largest absolute Gasteiger partial charge is 0.368 e. The van der Waals surface area contributed by atoms with Crippen LogP contribution in [0, 0.1) is 0 Å². The van der Waals surface area contributed by atoms with Gasteiger partial charge in [-0.1, -0.05) is 6.42 Å². The van der Waals surface area contributed by atoms with E-state index in [1.165, 1.54) is 19.3 Å². The molecule has 0 aliphatic carbocycles. The van der Waals surface area contributed by atoms with Crippen molar-refractivity contribution in [1.29, 1.82) is 0 Å². The summed E-state index contributed by atoms with van der Waals surface area (Å²) in [5.74, 6) is 2.16.